The number of ether oxygens (including phenoxy) is 1. The molecule has 0 bridgehead atoms. The first-order valence-corrected chi connectivity index (χ1v) is 8.96. The van der Waals surface area contributed by atoms with Crippen LogP contribution in [0.4, 0.5) is 4.79 Å². The van der Waals surface area contributed by atoms with Crippen molar-refractivity contribution in [1.82, 2.24) is 20.0 Å². The quantitative estimate of drug-likeness (QED) is 0.842. The van der Waals surface area contributed by atoms with E-state index in [1.54, 1.807) is 0 Å². The number of carbonyl (C=O) groups excluding carboxylic acids is 1. The smallest absolute Gasteiger partial charge is 0.410 e. The van der Waals surface area contributed by atoms with Crippen molar-refractivity contribution >= 4 is 6.09 Å². The number of nitrogens with zero attached hydrogens (tertiary/aromatic N) is 3. The van der Waals surface area contributed by atoms with Gasteiger partial charge in [-0.2, -0.15) is 0 Å². The number of hydrogen-bond acceptors (Lipinski definition) is 5. The van der Waals surface area contributed by atoms with Crippen LogP contribution in [0.3, 0.4) is 0 Å². The van der Waals surface area contributed by atoms with E-state index in [2.05, 4.69) is 22.2 Å². The number of likely N-dealkylation sites (tertiary alicyclic amines) is 1. The van der Waals surface area contributed by atoms with Crippen LogP contribution in [0.5, 0.6) is 0 Å². The minimum atomic E-state index is -0.411. The summed E-state index contributed by atoms with van der Waals surface area (Å²) in [5.41, 5.74) is -0.411. The molecule has 23 heavy (non-hydrogen) atoms. The van der Waals surface area contributed by atoms with Crippen LogP contribution in [0.1, 0.15) is 33.6 Å². The molecular formula is C17H34N4O2. The highest BCUT2D eigenvalue weighted by Crippen LogP contribution is 2.12. The van der Waals surface area contributed by atoms with E-state index >= 15 is 0 Å². The fraction of sp³-hybridized carbons (Fsp3) is 0.941. The maximum Gasteiger partial charge on any atom is 0.410 e. The molecule has 0 aliphatic carbocycles. The first-order valence-electron chi connectivity index (χ1n) is 8.96. The molecule has 0 aromatic carbocycles. The lowest BCUT2D eigenvalue weighted by Crippen LogP contribution is -2.51. The van der Waals surface area contributed by atoms with Crippen molar-refractivity contribution in [2.45, 2.75) is 45.3 Å². The molecule has 1 N–H and O–H groups in total. The number of hydrogen-bond donors (Lipinski definition) is 1. The fourth-order valence-electron chi connectivity index (χ4n) is 3.12. The summed E-state index contributed by atoms with van der Waals surface area (Å²) >= 11 is 0. The van der Waals surface area contributed by atoms with Crippen molar-refractivity contribution in [3.63, 3.8) is 0 Å². The third kappa shape index (κ3) is 6.65. The molecule has 134 valence electrons. The molecule has 6 nitrogen and oxygen atoms in total. The molecule has 2 aliphatic rings. The second-order valence-electron chi connectivity index (χ2n) is 7.84. The zero-order valence-electron chi connectivity index (χ0n) is 15.3. The van der Waals surface area contributed by atoms with E-state index in [0.29, 0.717) is 6.04 Å². The minimum absolute atomic E-state index is 0.179. The summed E-state index contributed by atoms with van der Waals surface area (Å²) in [5.74, 6) is 0. The lowest BCUT2D eigenvalue weighted by Gasteiger charge is -2.36. The normalized spacial score (nSPS) is 22.3. The average Bonchev–Trinajstić information content (AvgIpc) is 2.48. The first kappa shape index (κ1) is 18.5. The van der Waals surface area contributed by atoms with Crippen molar-refractivity contribution in [2.24, 2.45) is 0 Å². The second kappa shape index (κ2) is 8.31. The molecule has 0 spiro atoms. The van der Waals surface area contributed by atoms with Crippen LogP contribution in [0, 0.1) is 0 Å². The van der Waals surface area contributed by atoms with Gasteiger partial charge in [-0.15, -0.1) is 0 Å². The van der Waals surface area contributed by atoms with Gasteiger partial charge in [0.15, 0.2) is 0 Å². The highest BCUT2D eigenvalue weighted by atomic mass is 16.6. The number of rotatable bonds is 4. The number of carbonyl (C=O) groups is 1. The highest BCUT2D eigenvalue weighted by molar-refractivity contribution is 5.68. The number of piperazine rings is 1. The summed E-state index contributed by atoms with van der Waals surface area (Å²) in [4.78, 5) is 18.7. The minimum Gasteiger partial charge on any atom is -0.444 e. The molecular weight excluding hydrogens is 292 g/mol. The van der Waals surface area contributed by atoms with Gasteiger partial charge in [-0.25, -0.2) is 4.79 Å². The largest absolute Gasteiger partial charge is 0.444 e. The average molecular weight is 326 g/mol. The van der Waals surface area contributed by atoms with Gasteiger partial charge in [-0.05, 0) is 53.8 Å². The van der Waals surface area contributed by atoms with Crippen LogP contribution in [-0.4, -0.2) is 91.8 Å². The van der Waals surface area contributed by atoms with Gasteiger partial charge in [-0.3, -0.25) is 4.90 Å². The van der Waals surface area contributed by atoms with E-state index < -0.39 is 5.60 Å². The number of amides is 1. The molecule has 1 amide bonds. The van der Waals surface area contributed by atoms with Gasteiger partial charge in [0, 0.05) is 45.3 Å². The van der Waals surface area contributed by atoms with E-state index in [-0.39, 0.29) is 6.09 Å². The second-order valence-corrected chi connectivity index (χ2v) is 7.84. The summed E-state index contributed by atoms with van der Waals surface area (Å²) in [5, 5.41) is 3.68. The van der Waals surface area contributed by atoms with Crippen molar-refractivity contribution in [3.05, 3.63) is 0 Å². The highest BCUT2D eigenvalue weighted by Gasteiger charge is 2.25. The zero-order valence-corrected chi connectivity index (χ0v) is 15.3. The van der Waals surface area contributed by atoms with Gasteiger partial charge in [-0.1, -0.05) is 0 Å². The van der Waals surface area contributed by atoms with Crippen LogP contribution in [0.15, 0.2) is 0 Å². The molecule has 2 aliphatic heterocycles. The predicted octanol–water partition coefficient (Wildman–Crippen LogP) is 1.22. The molecule has 2 fully saturated rings. The van der Waals surface area contributed by atoms with Crippen LogP contribution < -0.4 is 5.32 Å². The Morgan fingerprint density at radius 1 is 1.09 bits per heavy atom. The van der Waals surface area contributed by atoms with Crippen LogP contribution >= 0.6 is 0 Å². The monoisotopic (exact) mass is 326 g/mol. The summed E-state index contributed by atoms with van der Waals surface area (Å²) in [6.45, 7) is 13.7. The van der Waals surface area contributed by atoms with E-state index in [9.17, 15) is 4.79 Å². The topological polar surface area (TPSA) is 48.0 Å². The Balaban J connectivity index is 1.59. The molecule has 0 unspecified atom stereocenters. The molecule has 0 atom stereocenters. The van der Waals surface area contributed by atoms with Crippen LogP contribution in [-0.2, 0) is 4.74 Å². The summed E-state index contributed by atoms with van der Waals surface area (Å²) in [6.07, 6.45) is 2.33. The maximum atomic E-state index is 12.0. The van der Waals surface area contributed by atoms with Gasteiger partial charge in [0.05, 0.1) is 0 Å². The standard InChI is InChI=1S/C17H34N4O2/c1-17(2,3)23-16(22)21-13-11-20(12-14-21)10-7-18-15-5-8-19(4)9-6-15/h15,18H,5-14H2,1-4H3. The maximum absolute atomic E-state index is 12.0. The SMILES string of the molecule is CN1CCC(NCCN2CCN(C(=O)OC(C)(C)C)CC2)CC1. The van der Waals surface area contributed by atoms with Crippen molar-refractivity contribution in [3.8, 4) is 0 Å². The molecule has 2 rings (SSSR count). The summed E-state index contributed by atoms with van der Waals surface area (Å²) < 4.78 is 5.43. The van der Waals surface area contributed by atoms with Gasteiger partial charge in [0.25, 0.3) is 0 Å². The van der Waals surface area contributed by atoms with Gasteiger partial charge < -0.3 is 19.9 Å². The lowest BCUT2D eigenvalue weighted by molar-refractivity contribution is 0.0145. The van der Waals surface area contributed by atoms with Crippen molar-refractivity contribution in [2.75, 3.05) is 59.4 Å². The van der Waals surface area contributed by atoms with E-state index in [1.807, 2.05) is 25.7 Å². The molecule has 2 saturated heterocycles. The molecule has 0 radical (unpaired) electrons. The first-order chi connectivity index (χ1) is 10.8. The van der Waals surface area contributed by atoms with Gasteiger partial charge >= 0.3 is 6.09 Å². The Morgan fingerprint density at radius 3 is 2.26 bits per heavy atom. The van der Waals surface area contributed by atoms with E-state index in [0.717, 1.165) is 39.3 Å². The van der Waals surface area contributed by atoms with E-state index in [4.69, 9.17) is 4.74 Å². The van der Waals surface area contributed by atoms with Gasteiger partial charge in [0.2, 0.25) is 0 Å². The van der Waals surface area contributed by atoms with Crippen molar-refractivity contribution < 1.29 is 9.53 Å². The molecule has 0 aromatic heterocycles. The number of nitrogens with one attached hydrogen (secondary N) is 1. The van der Waals surface area contributed by atoms with Gasteiger partial charge in [0.1, 0.15) is 5.60 Å². The Labute approximate surface area is 141 Å². The Bertz CT molecular complexity index is 367. The summed E-state index contributed by atoms with van der Waals surface area (Å²) in [6, 6.07) is 0.675. The fourth-order valence-corrected chi connectivity index (χ4v) is 3.12. The third-order valence-electron chi connectivity index (χ3n) is 4.60. The number of piperidine rings is 1. The lowest BCUT2D eigenvalue weighted by atomic mass is 10.1. The Kier molecular flexibility index (Phi) is 6.68. The van der Waals surface area contributed by atoms with Crippen LogP contribution in [0.2, 0.25) is 0 Å². The zero-order chi connectivity index (χ0) is 16.9. The third-order valence-corrected chi connectivity index (χ3v) is 4.60. The molecule has 0 aromatic rings. The van der Waals surface area contributed by atoms with Crippen LogP contribution in [0.25, 0.3) is 0 Å². The molecule has 0 saturated carbocycles. The van der Waals surface area contributed by atoms with E-state index in [1.165, 1.54) is 25.9 Å². The molecule has 2 heterocycles. The molecule has 6 heteroatoms. The summed E-state index contributed by atoms with van der Waals surface area (Å²) in [7, 11) is 2.19. The Hall–Kier alpha value is -0.850. The predicted molar refractivity (Wildman–Crippen MR) is 92.8 cm³/mol. The van der Waals surface area contributed by atoms with Crippen molar-refractivity contribution in [1.29, 1.82) is 0 Å². The Morgan fingerprint density at radius 2 is 1.70 bits per heavy atom.